The van der Waals surface area contributed by atoms with E-state index in [-0.39, 0.29) is 0 Å². The topological polar surface area (TPSA) is 43.3 Å². The molecular weight excluding hydrogens is 362 g/mol. The fraction of sp³-hybridized carbons (Fsp3) is 0.696. The second-order valence-electron chi connectivity index (χ2n) is 8.74. The Morgan fingerprint density at radius 1 is 1.17 bits per heavy atom. The van der Waals surface area contributed by atoms with Gasteiger partial charge in [-0.2, -0.15) is 0 Å². The average Bonchev–Trinajstić information content (AvgIpc) is 3.20. The highest BCUT2D eigenvalue weighted by Crippen LogP contribution is 2.17. The van der Waals surface area contributed by atoms with Crippen molar-refractivity contribution in [2.24, 2.45) is 16.8 Å². The lowest BCUT2D eigenvalue weighted by Crippen LogP contribution is -2.48. The lowest BCUT2D eigenvalue weighted by molar-refractivity contribution is 0.0906. The molecule has 0 aliphatic carbocycles. The quantitative estimate of drug-likeness (QED) is 0.533. The Bertz CT molecular complexity index is 615. The van der Waals surface area contributed by atoms with E-state index >= 15 is 0 Å². The molecule has 2 aliphatic heterocycles. The van der Waals surface area contributed by atoms with Gasteiger partial charge in [0.1, 0.15) is 0 Å². The van der Waals surface area contributed by atoms with E-state index in [1.54, 1.807) is 0 Å². The standard InChI is InChI=1S/C23H39N5O/c1-20(16-27-13-11-26(3)12-14-27)15-25-23(24-2)28-10-9-22(17-28)19-29-18-21-7-5-4-6-8-21/h4-8,20,22H,9-19H2,1-3H3,(H,24,25). The van der Waals surface area contributed by atoms with Crippen molar-refractivity contribution < 1.29 is 4.74 Å². The van der Waals surface area contributed by atoms with E-state index in [1.165, 1.54) is 38.2 Å². The SMILES string of the molecule is CN=C(NCC(C)CN1CCN(C)CC1)N1CCC(COCc2ccccc2)C1. The second-order valence-corrected chi connectivity index (χ2v) is 8.74. The fourth-order valence-corrected chi connectivity index (χ4v) is 4.21. The molecule has 0 amide bonds. The molecule has 3 rings (SSSR count). The Balaban J connectivity index is 1.33. The molecule has 0 saturated carbocycles. The highest BCUT2D eigenvalue weighted by atomic mass is 16.5. The lowest BCUT2D eigenvalue weighted by atomic mass is 10.1. The van der Waals surface area contributed by atoms with E-state index < -0.39 is 0 Å². The molecule has 0 bridgehead atoms. The normalized spacial score (nSPS) is 22.8. The molecule has 2 atom stereocenters. The number of hydrogen-bond acceptors (Lipinski definition) is 4. The van der Waals surface area contributed by atoms with E-state index in [2.05, 4.69) is 63.2 Å². The molecule has 6 heteroatoms. The largest absolute Gasteiger partial charge is 0.376 e. The van der Waals surface area contributed by atoms with Crippen LogP contribution < -0.4 is 5.32 Å². The van der Waals surface area contributed by atoms with Crippen LogP contribution in [-0.2, 0) is 11.3 Å². The summed E-state index contributed by atoms with van der Waals surface area (Å²) in [6.07, 6.45) is 1.17. The molecule has 1 aromatic rings. The van der Waals surface area contributed by atoms with Crippen LogP contribution in [0, 0.1) is 11.8 Å². The monoisotopic (exact) mass is 401 g/mol. The van der Waals surface area contributed by atoms with Crippen LogP contribution in [0.2, 0.25) is 0 Å². The summed E-state index contributed by atoms with van der Waals surface area (Å²) in [6, 6.07) is 10.4. The Morgan fingerprint density at radius 2 is 1.93 bits per heavy atom. The minimum absolute atomic E-state index is 0.583. The summed E-state index contributed by atoms with van der Waals surface area (Å²) in [5.41, 5.74) is 1.24. The van der Waals surface area contributed by atoms with Crippen LogP contribution >= 0.6 is 0 Å². The number of benzene rings is 1. The first kappa shape index (κ1) is 22.1. The lowest BCUT2D eigenvalue weighted by Gasteiger charge is -2.34. The Labute approximate surface area is 176 Å². The molecule has 0 radical (unpaired) electrons. The Kier molecular flexibility index (Phi) is 8.77. The first-order valence-electron chi connectivity index (χ1n) is 11.1. The molecule has 162 valence electrons. The molecule has 1 N–H and O–H groups in total. The number of likely N-dealkylation sites (tertiary alicyclic amines) is 1. The maximum absolute atomic E-state index is 5.96. The molecule has 2 saturated heterocycles. The molecule has 1 aromatic carbocycles. The van der Waals surface area contributed by atoms with Gasteiger partial charge >= 0.3 is 0 Å². The van der Waals surface area contributed by atoms with Crippen LogP contribution in [0.25, 0.3) is 0 Å². The van der Waals surface area contributed by atoms with Crippen molar-refractivity contribution in [2.45, 2.75) is 20.0 Å². The molecule has 6 nitrogen and oxygen atoms in total. The first-order chi connectivity index (χ1) is 14.1. The third-order valence-electron chi connectivity index (χ3n) is 6.04. The minimum Gasteiger partial charge on any atom is -0.376 e. The number of likely N-dealkylation sites (N-methyl/N-ethyl adjacent to an activating group) is 1. The summed E-state index contributed by atoms with van der Waals surface area (Å²) < 4.78 is 5.96. The molecule has 0 aromatic heterocycles. The van der Waals surface area contributed by atoms with Gasteiger partial charge in [0, 0.05) is 65.3 Å². The van der Waals surface area contributed by atoms with Gasteiger partial charge in [0.05, 0.1) is 13.2 Å². The summed E-state index contributed by atoms with van der Waals surface area (Å²) in [5, 5.41) is 3.61. The van der Waals surface area contributed by atoms with Crippen molar-refractivity contribution in [3.05, 3.63) is 35.9 Å². The fourth-order valence-electron chi connectivity index (χ4n) is 4.21. The second kappa shape index (κ2) is 11.5. The van der Waals surface area contributed by atoms with Gasteiger partial charge in [-0.05, 0) is 24.9 Å². The summed E-state index contributed by atoms with van der Waals surface area (Å²) in [6.45, 7) is 12.8. The van der Waals surface area contributed by atoms with E-state index in [0.29, 0.717) is 18.4 Å². The van der Waals surface area contributed by atoms with E-state index in [0.717, 1.165) is 38.7 Å². The number of hydrogen-bond donors (Lipinski definition) is 1. The molecule has 2 heterocycles. The smallest absolute Gasteiger partial charge is 0.193 e. The highest BCUT2D eigenvalue weighted by molar-refractivity contribution is 5.80. The van der Waals surface area contributed by atoms with Gasteiger partial charge in [-0.25, -0.2) is 0 Å². The van der Waals surface area contributed by atoms with Gasteiger partial charge in [-0.1, -0.05) is 37.3 Å². The van der Waals surface area contributed by atoms with Gasteiger partial charge in [-0.3, -0.25) is 4.99 Å². The number of ether oxygens (including phenoxy) is 1. The van der Waals surface area contributed by atoms with Crippen LogP contribution in [0.1, 0.15) is 18.9 Å². The average molecular weight is 402 g/mol. The summed E-state index contributed by atoms with van der Waals surface area (Å²) in [7, 11) is 4.11. The molecular formula is C23H39N5O. The number of rotatable bonds is 8. The minimum atomic E-state index is 0.583. The summed E-state index contributed by atoms with van der Waals surface area (Å²) >= 11 is 0. The third kappa shape index (κ3) is 7.28. The zero-order chi connectivity index (χ0) is 20.5. The summed E-state index contributed by atoms with van der Waals surface area (Å²) in [5.74, 6) is 2.24. The van der Waals surface area contributed by atoms with Gasteiger partial charge in [0.25, 0.3) is 0 Å². The predicted molar refractivity (Wildman–Crippen MR) is 120 cm³/mol. The van der Waals surface area contributed by atoms with Crippen molar-refractivity contribution in [3.63, 3.8) is 0 Å². The third-order valence-corrected chi connectivity index (χ3v) is 6.04. The number of nitrogens with zero attached hydrogens (tertiary/aromatic N) is 4. The maximum atomic E-state index is 5.96. The number of piperazine rings is 1. The Morgan fingerprint density at radius 3 is 2.66 bits per heavy atom. The zero-order valence-corrected chi connectivity index (χ0v) is 18.5. The number of guanidine groups is 1. The van der Waals surface area contributed by atoms with Crippen molar-refractivity contribution in [1.82, 2.24) is 20.0 Å². The van der Waals surface area contributed by atoms with Gasteiger partial charge in [-0.15, -0.1) is 0 Å². The van der Waals surface area contributed by atoms with Crippen LogP contribution in [0.3, 0.4) is 0 Å². The molecule has 0 spiro atoms. The van der Waals surface area contributed by atoms with Crippen LogP contribution in [0.5, 0.6) is 0 Å². The van der Waals surface area contributed by atoms with Crippen molar-refractivity contribution in [1.29, 1.82) is 0 Å². The van der Waals surface area contributed by atoms with Crippen LogP contribution in [0.15, 0.2) is 35.3 Å². The molecule has 2 fully saturated rings. The van der Waals surface area contributed by atoms with Crippen LogP contribution in [-0.4, -0.2) is 93.7 Å². The maximum Gasteiger partial charge on any atom is 0.193 e. The molecule has 2 unspecified atom stereocenters. The van der Waals surface area contributed by atoms with Gasteiger partial charge < -0.3 is 24.8 Å². The number of nitrogens with one attached hydrogen (secondary N) is 1. The van der Waals surface area contributed by atoms with E-state index in [9.17, 15) is 0 Å². The van der Waals surface area contributed by atoms with Crippen molar-refractivity contribution in [3.8, 4) is 0 Å². The van der Waals surface area contributed by atoms with Crippen molar-refractivity contribution >= 4 is 5.96 Å². The van der Waals surface area contributed by atoms with E-state index in [4.69, 9.17) is 4.74 Å². The van der Waals surface area contributed by atoms with Crippen LogP contribution in [0.4, 0.5) is 0 Å². The zero-order valence-electron chi connectivity index (χ0n) is 18.5. The van der Waals surface area contributed by atoms with E-state index in [1.807, 2.05) is 13.1 Å². The molecule has 29 heavy (non-hydrogen) atoms. The number of aliphatic imine (C=N–C) groups is 1. The Hall–Kier alpha value is -1.63. The van der Waals surface area contributed by atoms with Gasteiger partial charge in [0.2, 0.25) is 0 Å². The molecule has 2 aliphatic rings. The van der Waals surface area contributed by atoms with Gasteiger partial charge in [0.15, 0.2) is 5.96 Å². The van der Waals surface area contributed by atoms with Crippen molar-refractivity contribution in [2.75, 3.05) is 73.1 Å². The highest BCUT2D eigenvalue weighted by Gasteiger charge is 2.25. The first-order valence-corrected chi connectivity index (χ1v) is 11.1. The predicted octanol–water partition coefficient (Wildman–Crippen LogP) is 1.98. The summed E-state index contributed by atoms with van der Waals surface area (Å²) in [4.78, 5) is 11.9.